The van der Waals surface area contributed by atoms with Crippen molar-refractivity contribution in [2.24, 2.45) is 16.8 Å². The molecule has 0 saturated heterocycles. The summed E-state index contributed by atoms with van der Waals surface area (Å²) >= 11 is 0. The number of amides is 1. The van der Waals surface area contributed by atoms with Gasteiger partial charge in [0.2, 0.25) is 5.91 Å². The summed E-state index contributed by atoms with van der Waals surface area (Å²) in [5.74, 6) is 2.37. The van der Waals surface area contributed by atoms with Crippen molar-refractivity contribution in [1.29, 1.82) is 0 Å². The van der Waals surface area contributed by atoms with Crippen molar-refractivity contribution >= 4 is 11.9 Å². The fraction of sp³-hybridized carbons (Fsp3) is 0.619. The molecule has 5 nitrogen and oxygen atoms in total. The summed E-state index contributed by atoms with van der Waals surface area (Å²) in [5, 5.41) is 6.75. The Morgan fingerprint density at radius 2 is 1.81 bits per heavy atom. The van der Waals surface area contributed by atoms with Crippen LogP contribution in [0.1, 0.15) is 45.1 Å². The zero-order valence-corrected chi connectivity index (χ0v) is 16.7. The van der Waals surface area contributed by atoms with Gasteiger partial charge in [-0.05, 0) is 43.1 Å². The molecule has 0 spiro atoms. The van der Waals surface area contributed by atoms with Gasteiger partial charge in [-0.2, -0.15) is 0 Å². The summed E-state index contributed by atoms with van der Waals surface area (Å²) in [7, 11) is 3.54. The fourth-order valence-corrected chi connectivity index (χ4v) is 3.35. The SMILES string of the molecule is CC(C)C1CCC(NC(=NCc2ccccc2)NCC(=O)N(C)C)CC1. The molecule has 1 saturated carbocycles. The Morgan fingerprint density at radius 3 is 2.38 bits per heavy atom. The van der Waals surface area contributed by atoms with E-state index in [1.165, 1.54) is 12.8 Å². The molecule has 26 heavy (non-hydrogen) atoms. The topological polar surface area (TPSA) is 56.7 Å². The normalized spacial score (nSPS) is 20.7. The molecule has 1 fully saturated rings. The van der Waals surface area contributed by atoms with Crippen molar-refractivity contribution in [2.75, 3.05) is 20.6 Å². The number of likely N-dealkylation sites (N-methyl/N-ethyl adjacent to an activating group) is 1. The van der Waals surface area contributed by atoms with Gasteiger partial charge in [-0.25, -0.2) is 4.99 Å². The Bertz CT molecular complexity index is 575. The lowest BCUT2D eigenvalue weighted by Crippen LogP contribution is -2.47. The quantitative estimate of drug-likeness (QED) is 0.607. The number of carbonyl (C=O) groups is 1. The molecule has 1 amide bonds. The van der Waals surface area contributed by atoms with E-state index in [-0.39, 0.29) is 12.5 Å². The third kappa shape index (κ3) is 6.70. The maximum absolute atomic E-state index is 11.9. The standard InChI is InChI=1S/C21H34N4O/c1-16(2)18-10-12-19(13-11-18)24-21(23-15-20(26)25(3)4)22-14-17-8-6-5-7-9-17/h5-9,16,18-19H,10-15H2,1-4H3,(H2,22,23,24). The molecule has 0 heterocycles. The fourth-order valence-electron chi connectivity index (χ4n) is 3.35. The van der Waals surface area contributed by atoms with Gasteiger partial charge in [0.15, 0.2) is 5.96 Å². The molecule has 144 valence electrons. The minimum atomic E-state index is 0.0442. The van der Waals surface area contributed by atoms with E-state index in [1.54, 1.807) is 19.0 Å². The number of nitrogens with one attached hydrogen (secondary N) is 2. The average molecular weight is 359 g/mol. The summed E-state index contributed by atoms with van der Waals surface area (Å²) in [5.41, 5.74) is 1.16. The van der Waals surface area contributed by atoms with Crippen LogP contribution in [0.4, 0.5) is 0 Å². The monoisotopic (exact) mass is 358 g/mol. The zero-order chi connectivity index (χ0) is 18.9. The molecular weight excluding hydrogens is 324 g/mol. The highest BCUT2D eigenvalue weighted by Gasteiger charge is 2.23. The molecule has 2 N–H and O–H groups in total. The number of guanidine groups is 1. The Morgan fingerprint density at radius 1 is 1.15 bits per heavy atom. The predicted molar refractivity (Wildman–Crippen MR) is 108 cm³/mol. The highest BCUT2D eigenvalue weighted by molar-refractivity contribution is 5.86. The first-order valence-electron chi connectivity index (χ1n) is 9.74. The summed E-state index contributed by atoms with van der Waals surface area (Å²) in [6.07, 6.45) is 4.85. The number of hydrogen-bond acceptors (Lipinski definition) is 2. The Kier molecular flexibility index (Phi) is 7.95. The van der Waals surface area contributed by atoms with E-state index in [2.05, 4.69) is 36.6 Å². The van der Waals surface area contributed by atoms with E-state index >= 15 is 0 Å². The third-order valence-corrected chi connectivity index (χ3v) is 5.22. The first kappa shape index (κ1) is 20.3. The number of benzene rings is 1. The molecule has 0 aromatic heterocycles. The Labute approximate surface area is 158 Å². The second kappa shape index (κ2) is 10.2. The van der Waals surface area contributed by atoms with Gasteiger partial charge in [-0.3, -0.25) is 4.79 Å². The summed E-state index contributed by atoms with van der Waals surface area (Å²) in [6.45, 7) is 5.50. The lowest BCUT2D eigenvalue weighted by Gasteiger charge is -2.32. The van der Waals surface area contributed by atoms with Gasteiger partial charge in [0.25, 0.3) is 0 Å². The summed E-state index contributed by atoms with van der Waals surface area (Å²) < 4.78 is 0. The van der Waals surface area contributed by atoms with Crippen molar-refractivity contribution in [1.82, 2.24) is 15.5 Å². The van der Waals surface area contributed by atoms with Gasteiger partial charge in [0.1, 0.15) is 0 Å². The lowest BCUT2D eigenvalue weighted by atomic mass is 9.80. The molecule has 2 rings (SSSR count). The van der Waals surface area contributed by atoms with Crippen LogP contribution >= 0.6 is 0 Å². The second-order valence-electron chi connectivity index (χ2n) is 7.79. The van der Waals surface area contributed by atoms with E-state index in [1.807, 2.05) is 18.2 Å². The van der Waals surface area contributed by atoms with E-state index < -0.39 is 0 Å². The highest BCUT2D eigenvalue weighted by Crippen LogP contribution is 2.29. The molecule has 1 aliphatic carbocycles. The van der Waals surface area contributed by atoms with Crippen LogP contribution in [0.3, 0.4) is 0 Å². The van der Waals surface area contributed by atoms with Gasteiger partial charge in [-0.15, -0.1) is 0 Å². The van der Waals surface area contributed by atoms with Crippen LogP contribution in [0, 0.1) is 11.8 Å². The second-order valence-corrected chi connectivity index (χ2v) is 7.79. The molecule has 5 heteroatoms. The number of carbonyl (C=O) groups excluding carboxylic acids is 1. The largest absolute Gasteiger partial charge is 0.354 e. The van der Waals surface area contributed by atoms with Gasteiger partial charge < -0.3 is 15.5 Å². The first-order chi connectivity index (χ1) is 12.5. The van der Waals surface area contributed by atoms with Crippen molar-refractivity contribution in [3.05, 3.63) is 35.9 Å². The first-order valence-corrected chi connectivity index (χ1v) is 9.74. The van der Waals surface area contributed by atoms with Crippen LogP contribution in [-0.2, 0) is 11.3 Å². The van der Waals surface area contributed by atoms with Crippen LogP contribution in [-0.4, -0.2) is 43.4 Å². The van der Waals surface area contributed by atoms with Crippen LogP contribution in [0.25, 0.3) is 0 Å². The summed E-state index contributed by atoms with van der Waals surface area (Å²) in [4.78, 5) is 18.2. The third-order valence-electron chi connectivity index (χ3n) is 5.22. The van der Waals surface area contributed by atoms with E-state index in [9.17, 15) is 4.79 Å². The molecule has 0 atom stereocenters. The van der Waals surface area contributed by atoms with E-state index in [0.717, 1.165) is 36.2 Å². The van der Waals surface area contributed by atoms with Crippen molar-refractivity contribution in [2.45, 2.75) is 52.1 Å². The molecule has 1 aromatic carbocycles. The molecular formula is C21H34N4O. The Balaban J connectivity index is 1.95. The number of rotatable bonds is 6. The molecule has 0 radical (unpaired) electrons. The van der Waals surface area contributed by atoms with E-state index in [0.29, 0.717) is 12.6 Å². The van der Waals surface area contributed by atoms with Gasteiger partial charge in [0.05, 0.1) is 13.1 Å². The van der Waals surface area contributed by atoms with Crippen molar-refractivity contribution in [3.63, 3.8) is 0 Å². The van der Waals surface area contributed by atoms with Crippen LogP contribution in [0.15, 0.2) is 35.3 Å². The minimum absolute atomic E-state index is 0.0442. The van der Waals surface area contributed by atoms with Gasteiger partial charge >= 0.3 is 0 Å². The Hall–Kier alpha value is -2.04. The van der Waals surface area contributed by atoms with E-state index in [4.69, 9.17) is 4.99 Å². The highest BCUT2D eigenvalue weighted by atomic mass is 16.2. The minimum Gasteiger partial charge on any atom is -0.354 e. The molecule has 1 aromatic rings. The van der Waals surface area contributed by atoms with Gasteiger partial charge in [0, 0.05) is 20.1 Å². The molecule has 1 aliphatic rings. The van der Waals surface area contributed by atoms with Crippen molar-refractivity contribution < 1.29 is 4.79 Å². The zero-order valence-electron chi connectivity index (χ0n) is 16.7. The summed E-state index contributed by atoms with van der Waals surface area (Å²) in [6, 6.07) is 10.6. The number of hydrogen-bond donors (Lipinski definition) is 2. The van der Waals surface area contributed by atoms with Crippen LogP contribution in [0.5, 0.6) is 0 Å². The molecule has 0 bridgehead atoms. The number of aliphatic imine (C=N–C) groups is 1. The predicted octanol–water partition coefficient (Wildman–Crippen LogP) is 3.02. The van der Waals surface area contributed by atoms with Crippen LogP contribution < -0.4 is 10.6 Å². The molecule has 0 aliphatic heterocycles. The number of nitrogens with zero attached hydrogens (tertiary/aromatic N) is 2. The van der Waals surface area contributed by atoms with Gasteiger partial charge in [-0.1, -0.05) is 44.2 Å². The average Bonchev–Trinajstić information content (AvgIpc) is 2.64. The smallest absolute Gasteiger partial charge is 0.241 e. The lowest BCUT2D eigenvalue weighted by molar-refractivity contribution is -0.127. The van der Waals surface area contributed by atoms with Crippen molar-refractivity contribution in [3.8, 4) is 0 Å². The van der Waals surface area contributed by atoms with Crippen LogP contribution in [0.2, 0.25) is 0 Å². The maximum Gasteiger partial charge on any atom is 0.241 e. The molecule has 0 unspecified atom stereocenters. The maximum atomic E-state index is 11.9.